The van der Waals surface area contributed by atoms with Crippen molar-refractivity contribution in [3.8, 4) is 0 Å². The second-order valence-electron chi connectivity index (χ2n) is 2.23. The zero-order valence-electron chi connectivity index (χ0n) is 5.86. The van der Waals surface area contributed by atoms with Crippen LogP contribution in [0.3, 0.4) is 0 Å². The fourth-order valence-corrected chi connectivity index (χ4v) is 1.01. The molecule has 0 aromatic rings. The maximum Gasteiger partial charge on any atom is 0.334 e. The van der Waals surface area contributed by atoms with Gasteiger partial charge in [0.25, 0.3) is 0 Å². The second-order valence-corrected chi connectivity index (χ2v) is 2.23. The van der Waals surface area contributed by atoms with Gasteiger partial charge in [0, 0.05) is 4.91 Å². The Kier molecular flexibility index (Phi) is 2.71. The molecule has 0 unspecified atom stereocenters. The van der Waals surface area contributed by atoms with Crippen LogP contribution in [-0.2, 0) is 9.63 Å². The number of carbonyl (C=O) groups excluding carboxylic acids is 1. The highest BCUT2D eigenvalue weighted by atomic mass is 16.7. The molecule has 0 aromatic heterocycles. The summed E-state index contributed by atoms with van der Waals surface area (Å²) in [6.45, 7) is 0.816. The van der Waals surface area contributed by atoms with E-state index in [1.807, 2.05) is 0 Å². The van der Waals surface area contributed by atoms with Crippen LogP contribution in [0.1, 0.15) is 12.8 Å². The van der Waals surface area contributed by atoms with Crippen molar-refractivity contribution in [2.45, 2.75) is 18.9 Å². The van der Waals surface area contributed by atoms with Crippen LogP contribution in [0, 0.1) is 0 Å². The molecule has 0 bridgehead atoms. The van der Waals surface area contributed by atoms with Gasteiger partial charge in [0.2, 0.25) is 0 Å². The Morgan fingerprint density at radius 3 is 3.18 bits per heavy atom. The van der Waals surface area contributed by atoms with Crippen molar-refractivity contribution in [2.24, 2.45) is 5.28 Å². The Balaban J connectivity index is 2.34. The van der Waals surface area contributed by atoms with Gasteiger partial charge in [-0.2, -0.15) is 0 Å². The number of nitrogens with zero attached hydrogens (tertiary/aromatic N) is 3. The Morgan fingerprint density at radius 2 is 2.64 bits per heavy atom. The quantitative estimate of drug-likeness (QED) is 0.273. The average Bonchev–Trinajstić information content (AvgIpc) is 2.52. The highest BCUT2D eigenvalue weighted by Gasteiger charge is 2.22. The summed E-state index contributed by atoms with van der Waals surface area (Å²) in [4.78, 5) is 17.3. The predicted molar refractivity (Wildman–Crippen MR) is 36.3 cm³/mol. The predicted octanol–water partition coefficient (Wildman–Crippen LogP) is 0.507. The van der Waals surface area contributed by atoms with E-state index in [2.05, 4.69) is 20.3 Å². The van der Waals surface area contributed by atoms with Crippen LogP contribution in [0.2, 0.25) is 0 Å². The zero-order valence-corrected chi connectivity index (χ0v) is 5.86. The van der Waals surface area contributed by atoms with Gasteiger partial charge in [0.1, 0.15) is 11.3 Å². The summed E-state index contributed by atoms with van der Waals surface area (Å²) in [6.07, 6.45) is 1.70. The highest BCUT2D eigenvalue weighted by Crippen LogP contribution is 2.06. The molecule has 1 aliphatic heterocycles. The molecule has 0 amide bonds. The van der Waals surface area contributed by atoms with Gasteiger partial charge in [-0.1, -0.05) is 0 Å². The summed E-state index contributed by atoms with van der Waals surface area (Å²) < 4.78 is 0. The van der Waals surface area contributed by atoms with Gasteiger partial charge in [-0.05, 0) is 24.9 Å². The van der Waals surface area contributed by atoms with E-state index < -0.39 is 5.97 Å². The van der Waals surface area contributed by atoms with E-state index in [9.17, 15) is 4.79 Å². The molecule has 0 aromatic carbocycles. The molecule has 6 nitrogen and oxygen atoms in total. The van der Waals surface area contributed by atoms with E-state index in [0.717, 1.165) is 19.4 Å². The monoisotopic (exact) mass is 156 g/mol. The van der Waals surface area contributed by atoms with Gasteiger partial charge in [-0.15, -0.1) is 0 Å². The highest BCUT2D eigenvalue weighted by molar-refractivity contribution is 5.75. The van der Waals surface area contributed by atoms with E-state index in [-0.39, 0.29) is 6.04 Å². The van der Waals surface area contributed by atoms with Gasteiger partial charge in [0.05, 0.1) is 0 Å². The molecule has 1 heterocycles. The standard InChI is InChI=1S/C5H8N4O2/c6-8-9-11-5(10)4-2-1-3-7-4/h4,7H,1-3H2/t4-/m0/s1. The van der Waals surface area contributed by atoms with Crippen LogP contribution in [0.25, 0.3) is 10.4 Å². The van der Waals surface area contributed by atoms with Crippen LogP contribution in [0.15, 0.2) is 5.28 Å². The molecule has 1 saturated heterocycles. The fraction of sp³-hybridized carbons (Fsp3) is 0.800. The topological polar surface area (TPSA) is 87.1 Å². The van der Waals surface area contributed by atoms with Gasteiger partial charge in [0.15, 0.2) is 0 Å². The first-order chi connectivity index (χ1) is 5.34. The molecule has 1 rings (SSSR count). The number of azide groups is 1. The number of rotatable bonds is 2. The van der Waals surface area contributed by atoms with Crippen LogP contribution < -0.4 is 5.32 Å². The molecular formula is C5H8N4O2. The van der Waals surface area contributed by atoms with Crippen LogP contribution in [-0.4, -0.2) is 18.6 Å². The molecule has 0 saturated carbocycles. The summed E-state index contributed by atoms with van der Waals surface area (Å²) in [5.74, 6) is -0.500. The molecule has 1 atom stereocenters. The fourth-order valence-electron chi connectivity index (χ4n) is 1.01. The first-order valence-corrected chi connectivity index (χ1v) is 3.33. The lowest BCUT2D eigenvalue weighted by Gasteiger charge is -2.03. The molecule has 60 valence electrons. The SMILES string of the molecule is [N-]=[N+]=NOC(=O)[C@@H]1CCCN1. The van der Waals surface area contributed by atoms with Gasteiger partial charge in [-0.25, -0.2) is 4.79 Å². The van der Waals surface area contributed by atoms with Crippen molar-refractivity contribution in [3.63, 3.8) is 0 Å². The summed E-state index contributed by atoms with van der Waals surface area (Å²) in [5.41, 5.74) is 7.82. The van der Waals surface area contributed by atoms with Crippen molar-refractivity contribution in [1.29, 1.82) is 0 Å². The molecule has 1 aliphatic rings. The largest absolute Gasteiger partial charge is 0.357 e. The molecule has 1 N–H and O–H groups in total. The lowest BCUT2D eigenvalue weighted by Crippen LogP contribution is -2.31. The van der Waals surface area contributed by atoms with Crippen molar-refractivity contribution in [2.75, 3.05) is 6.54 Å². The number of carbonyl (C=O) groups is 1. The lowest BCUT2D eigenvalue weighted by atomic mass is 10.2. The molecule has 1 fully saturated rings. The van der Waals surface area contributed by atoms with E-state index in [1.165, 1.54) is 0 Å². The summed E-state index contributed by atoms with van der Waals surface area (Å²) >= 11 is 0. The van der Waals surface area contributed by atoms with Gasteiger partial charge < -0.3 is 10.2 Å². The minimum absolute atomic E-state index is 0.291. The molecular weight excluding hydrogens is 148 g/mol. The van der Waals surface area contributed by atoms with E-state index >= 15 is 0 Å². The molecule has 11 heavy (non-hydrogen) atoms. The third kappa shape index (κ3) is 2.10. The molecule has 6 heteroatoms. The average molecular weight is 156 g/mol. The second kappa shape index (κ2) is 3.80. The number of hydrogen-bond acceptors (Lipinski definition) is 4. The number of nitrogens with one attached hydrogen (secondary N) is 1. The maximum atomic E-state index is 10.9. The van der Waals surface area contributed by atoms with Gasteiger partial charge in [-0.3, -0.25) is 0 Å². The lowest BCUT2D eigenvalue weighted by molar-refractivity contribution is -0.146. The Labute approximate surface area is 63.1 Å². The minimum atomic E-state index is -0.500. The van der Waals surface area contributed by atoms with Crippen molar-refractivity contribution in [1.82, 2.24) is 5.32 Å². The Morgan fingerprint density at radius 1 is 1.82 bits per heavy atom. The number of hydrogen-bond donors (Lipinski definition) is 1. The zero-order chi connectivity index (χ0) is 8.10. The van der Waals surface area contributed by atoms with Crippen molar-refractivity contribution < 1.29 is 9.63 Å². The molecule has 0 radical (unpaired) electrons. The third-order valence-corrected chi connectivity index (χ3v) is 1.51. The van der Waals surface area contributed by atoms with Crippen molar-refractivity contribution in [3.05, 3.63) is 10.4 Å². The minimum Gasteiger partial charge on any atom is -0.357 e. The normalized spacial score (nSPS) is 22.4. The molecule has 0 spiro atoms. The Hall–Kier alpha value is -1.26. The van der Waals surface area contributed by atoms with E-state index in [1.54, 1.807) is 0 Å². The smallest absolute Gasteiger partial charge is 0.334 e. The summed E-state index contributed by atoms with van der Waals surface area (Å²) in [5, 5.41) is 5.61. The van der Waals surface area contributed by atoms with E-state index in [4.69, 9.17) is 5.53 Å². The van der Waals surface area contributed by atoms with Crippen LogP contribution in [0.4, 0.5) is 0 Å². The van der Waals surface area contributed by atoms with E-state index in [0.29, 0.717) is 0 Å². The van der Waals surface area contributed by atoms with Gasteiger partial charge >= 0.3 is 5.97 Å². The van der Waals surface area contributed by atoms with Crippen molar-refractivity contribution >= 4 is 5.97 Å². The first kappa shape index (κ1) is 7.84. The third-order valence-electron chi connectivity index (χ3n) is 1.51. The summed E-state index contributed by atoms with van der Waals surface area (Å²) in [6, 6.07) is -0.291. The maximum absolute atomic E-state index is 10.9. The Bertz CT molecular complexity index is 193. The first-order valence-electron chi connectivity index (χ1n) is 3.33. The molecule has 0 aliphatic carbocycles. The van der Waals surface area contributed by atoms with Crippen LogP contribution >= 0.6 is 0 Å². The summed E-state index contributed by atoms with van der Waals surface area (Å²) in [7, 11) is 0. The van der Waals surface area contributed by atoms with Crippen LogP contribution in [0.5, 0.6) is 0 Å².